The second-order valence-corrected chi connectivity index (χ2v) is 9.77. The number of hydrogen-bond acceptors (Lipinski definition) is 5. The van der Waals surface area contributed by atoms with Crippen LogP contribution >= 0.6 is 35.1 Å². The van der Waals surface area contributed by atoms with E-state index in [0.717, 1.165) is 11.5 Å². The minimum absolute atomic E-state index is 0.0935. The van der Waals surface area contributed by atoms with Crippen LogP contribution in [-0.2, 0) is 10.1 Å². The lowest BCUT2D eigenvalue weighted by Gasteiger charge is -2.11. The zero-order valence-corrected chi connectivity index (χ0v) is 15.6. The molecule has 1 aliphatic rings. The molecule has 0 amide bonds. The Morgan fingerprint density at radius 1 is 1.09 bits per heavy atom. The highest BCUT2D eigenvalue weighted by Gasteiger charge is 2.21. The van der Waals surface area contributed by atoms with Crippen molar-refractivity contribution in [3.8, 4) is 5.75 Å². The minimum Gasteiger partial charge on any atom is -0.379 e. The first-order chi connectivity index (χ1) is 11.0. The van der Waals surface area contributed by atoms with Gasteiger partial charge in [-0.05, 0) is 42.3 Å². The Morgan fingerprint density at radius 2 is 1.74 bits per heavy atom. The number of hydrogen-bond donors (Lipinski definition) is 0. The summed E-state index contributed by atoms with van der Waals surface area (Å²) in [5.41, 5.74) is 1.78. The molecule has 7 heteroatoms. The van der Waals surface area contributed by atoms with Crippen molar-refractivity contribution in [1.29, 1.82) is 0 Å². The minimum atomic E-state index is -3.89. The molecule has 0 aliphatic carbocycles. The largest absolute Gasteiger partial charge is 0.379 e. The molecule has 0 radical (unpaired) electrons. The maximum atomic E-state index is 12.4. The average molecular weight is 387 g/mol. The lowest BCUT2D eigenvalue weighted by molar-refractivity contribution is 0.485. The van der Waals surface area contributed by atoms with E-state index in [1.807, 2.05) is 35.7 Å². The van der Waals surface area contributed by atoms with Crippen LogP contribution < -0.4 is 4.18 Å². The van der Waals surface area contributed by atoms with E-state index in [4.69, 9.17) is 15.8 Å². The van der Waals surface area contributed by atoms with Gasteiger partial charge in [0, 0.05) is 16.5 Å². The Labute approximate surface area is 149 Å². The van der Waals surface area contributed by atoms with Crippen LogP contribution in [0.2, 0.25) is 5.02 Å². The highest BCUT2D eigenvalue weighted by atomic mass is 35.5. The van der Waals surface area contributed by atoms with Gasteiger partial charge < -0.3 is 4.18 Å². The summed E-state index contributed by atoms with van der Waals surface area (Å²) in [6, 6.07) is 12.0. The molecule has 23 heavy (non-hydrogen) atoms. The van der Waals surface area contributed by atoms with E-state index >= 15 is 0 Å². The molecule has 0 N–H and O–H groups in total. The number of thioether (sulfide) groups is 2. The summed E-state index contributed by atoms with van der Waals surface area (Å²) in [7, 11) is -3.89. The molecular formula is C16H15ClO3S3. The van der Waals surface area contributed by atoms with Gasteiger partial charge in [0.1, 0.15) is 10.6 Å². The standard InChI is InChI=1S/C16H15ClO3S3/c1-11-2-5-13(17)10-15(11)23(18,19)20-14-6-3-12(4-7-14)16-21-8-9-22-16/h2-7,10,16H,8-9H2,1H3. The molecule has 0 saturated carbocycles. The van der Waals surface area contributed by atoms with E-state index in [2.05, 4.69) is 0 Å². The molecule has 3 rings (SSSR count). The predicted molar refractivity (Wildman–Crippen MR) is 98.1 cm³/mol. The quantitative estimate of drug-likeness (QED) is 0.699. The molecule has 2 aromatic rings. The van der Waals surface area contributed by atoms with Crippen LogP contribution in [0.25, 0.3) is 0 Å². The fourth-order valence-electron chi connectivity index (χ4n) is 2.25. The van der Waals surface area contributed by atoms with E-state index in [1.165, 1.54) is 11.6 Å². The Kier molecular flexibility index (Phi) is 5.16. The Balaban J connectivity index is 1.81. The van der Waals surface area contributed by atoms with Crippen LogP contribution in [0.1, 0.15) is 15.7 Å². The van der Waals surface area contributed by atoms with Gasteiger partial charge >= 0.3 is 10.1 Å². The summed E-state index contributed by atoms with van der Waals surface area (Å²) in [5.74, 6) is 2.60. The van der Waals surface area contributed by atoms with Crippen LogP contribution in [0, 0.1) is 6.92 Å². The zero-order chi connectivity index (χ0) is 16.4. The molecule has 0 unspecified atom stereocenters. The summed E-state index contributed by atoms with van der Waals surface area (Å²) in [6.07, 6.45) is 0. The maximum Gasteiger partial charge on any atom is 0.339 e. The van der Waals surface area contributed by atoms with Gasteiger partial charge in [0.05, 0.1) is 4.58 Å². The fourth-order valence-corrected chi connectivity index (χ4v) is 6.53. The van der Waals surface area contributed by atoms with Crippen molar-refractivity contribution in [2.45, 2.75) is 16.4 Å². The normalized spacial score (nSPS) is 15.7. The number of benzene rings is 2. The van der Waals surface area contributed by atoms with Crippen LogP contribution in [0.5, 0.6) is 5.75 Å². The lowest BCUT2D eigenvalue weighted by Crippen LogP contribution is -2.11. The first-order valence-electron chi connectivity index (χ1n) is 6.99. The second-order valence-electron chi connectivity index (χ2n) is 5.09. The van der Waals surface area contributed by atoms with Gasteiger partial charge in [-0.15, -0.1) is 23.5 Å². The highest BCUT2D eigenvalue weighted by molar-refractivity contribution is 8.19. The van der Waals surface area contributed by atoms with Crippen molar-refractivity contribution < 1.29 is 12.6 Å². The summed E-state index contributed by atoms with van der Waals surface area (Å²) in [6.45, 7) is 1.71. The molecule has 1 saturated heterocycles. The van der Waals surface area contributed by atoms with Gasteiger partial charge in [0.2, 0.25) is 0 Å². The fraction of sp³-hybridized carbons (Fsp3) is 0.250. The number of rotatable bonds is 4. The van der Waals surface area contributed by atoms with E-state index in [0.29, 0.717) is 20.9 Å². The summed E-state index contributed by atoms with van der Waals surface area (Å²) in [5, 5.41) is 0.364. The van der Waals surface area contributed by atoms with Gasteiger partial charge in [-0.2, -0.15) is 8.42 Å². The molecule has 0 aromatic heterocycles. The average Bonchev–Trinajstić information content (AvgIpc) is 3.04. The van der Waals surface area contributed by atoms with Gasteiger partial charge in [-0.1, -0.05) is 29.8 Å². The molecule has 2 aromatic carbocycles. The SMILES string of the molecule is Cc1ccc(Cl)cc1S(=O)(=O)Oc1ccc(C2SCCS2)cc1. The van der Waals surface area contributed by atoms with Gasteiger partial charge in [-0.25, -0.2) is 0 Å². The summed E-state index contributed by atoms with van der Waals surface area (Å²) < 4.78 is 30.5. The zero-order valence-electron chi connectivity index (χ0n) is 12.4. The first-order valence-corrected chi connectivity index (χ1v) is 10.9. The van der Waals surface area contributed by atoms with Crippen LogP contribution in [0.4, 0.5) is 0 Å². The molecule has 0 bridgehead atoms. The molecule has 0 atom stereocenters. The third-order valence-electron chi connectivity index (χ3n) is 3.40. The topological polar surface area (TPSA) is 43.4 Å². The van der Waals surface area contributed by atoms with Gasteiger partial charge in [-0.3, -0.25) is 0 Å². The second kappa shape index (κ2) is 6.97. The van der Waals surface area contributed by atoms with Crippen molar-refractivity contribution in [2.75, 3.05) is 11.5 Å². The third-order valence-corrected chi connectivity index (χ3v) is 8.13. The molecular weight excluding hydrogens is 372 g/mol. The first kappa shape index (κ1) is 17.0. The molecule has 122 valence electrons. The Hall–Kier alpha value is -0.820. The van der Waals surface area contributed by atoms with Crippen molar-refractivity contribution in [1.82, 2.24) is 0 Å². The maximum absolute atomic E-state index is 12.4. The molecule has 1 fully saturated rings. The van der Waals surface area contributed by atoms with E-state index in [9.17, 15) is 8.42 Å². The highest BCUT2D eigenvalue weighted by Crippen LogP contribution is 2.45. The molecule has 1 aliphatic heterocycles. The van der Waals surface area contributed by atoms with E-state index < -0.39 is 10.1 Å². The molecule has 3 nitrogen and oxygen atoms in total. The van der Waals surface area contributed by atoms with Gasteiger partial charge in [0.15, 0.2) is 0 Å². The third kappa shape index (κ3) is 3.99. The van der Waals surface area contributed by atoms with Crippen molar-refractivity contribution in [2.24, 2.45) is 0 Å². The summed E-state index contributed by atoms with van der Waals surface area (Å²) in [4.78, 5) is 0.0935. The van der Waals surface area contributed by atoms with E-state index in [1.54, 1.807) is 31.2 Å². The van der Waals surface area contributed by atoms with Crippen molar-refractivity contribution >= 4 is 45.2 Å². The summed E-state index contributed by atoms with van der Waals surface area (Å²) >= 11 is 9.70. The lowest BCUT2D eigenvalue weighted by atomic mass is 10.2. The van der Waals surface area contributed by atoms with Crippen LogP contribution in [0.15, 0.2) is 47.4 Å². The smallest absolute Gasteiger partial charge is 0.339 e. The number of halogens is 1. The monoisotopic (exact) mass is 386 g/mol. The molecule has 0 spiro atoms. The van der Waals surface area contributed by atoms with Crippen molar-refractivity contribution in [3.63, 3.8) is 0 Å². The predicted octanol–water partition coefficient (Wildman–Crippen LogP) is 4.89. The van der Waals surface area contributed by atoms with Crippen molar-refractivity contribution in [3.05, 3.63) is 58.6 Å². The Bertz CT molecular complexity index is 798. The molecule has 1 heterocycles. The Morgan fingerprint density at radius 3 is 2.39 bits per heavy atom. The van der Waals surface area contributed by atoms with Crippen LogP contribution in [-0.4, -0.2) is 19.9 Å². The number of aryl methyl sites for hydroxylation is 1. The van der Waals surface area contributed by atoms with Gasteiger partial charge in [0.25, 0.3) is 0 Å². The van der Waals surface area contributed by atoms with Crippen LogP contribution in [0.3, 0.4) is 0 Å². The van der Waals surface area contributed by atoms with E-state index in [-0.39, 0.29) is 4.90 Å².